The maximum absolute atomic E-state index is 12.7. The van der Waals surface area contributed by atoms with Gasteiger partial charge in [0.2, 0.25) is 0 Å². The monoisotopic (exact) mass is 254 g/mol. The lowest BCUT2D eigenvalue weighted by Gasteiger charge is -2.05. The summed E-state index contributed by atoms with van der Waals surface area (Å²) in [5.74, 6) is -0.204. The molecule has 0 spiro atoms. The highest BCUT2D eigenvalue weighted by molar-refractivity contribution is 5.32. The van der Waals surface area contributed by atoms with Crippen LogP contribution in [0.25, 0.3) is 0 Å². The summed E-state index contributed by atoms with van der Waals surface area (Å²) in [6, 6.07) is 16.2. The number of hydrogen-bond acceptors (Lipinski definition) is 2. The minimum absolute atomic E-state index is 0.204. The zero-order chi connectivity index (χ0) is 13.5. The number of rotatable bonds is 5. The van der Waals surface area contributed by atoms with Crippen LogP contribution in [0.2, 0.25) is 0 Å². The fraction of sp³-hybridized carbons (Fsp3) is 0.188. The van der Waals surface area contributed by atoms with E-state index >= 15 is 0 Å². The van der Waals surface area contributed by atoms with Crippen LogP contribution in [0.5, 0.6) is 0 Å². The summed E-state index contributed by atoms with van der Waals surface area (Å²) in [6.45, 7) is 1.55. The van der Waals surface area contributed by atoms with Crippen LogP contribution in [-0.4, -0.2) is 6.54 Å². The highest BCUT2D eigenvalue weighted by Crippen LogP contribution is 2.05. The molecular formula is C16H15FN2. The maximum atomic E-state index is 12.7. The molecule has 2 aromatic carbocycles. The molecule has 0 amide bonds. The molecular weight excluding hydrogens is 239 g/mol. The Morgan fingerprint density at radius 1 is 1.05 bits per heavy atom. The summed E-state index contributed by atoms with van der Waals surface area (Å²) in [5.41, 5.74) is 2.88. The van der Waals surface area contributed by atoms with Gasteiger partial charge < -0.3 is 5.32 Å². The third kappa shape index (κ3) is 4.20. The molecule has 0 fully saturated rings. The van der Waals surface area contributed by atoms with Gasteiger partial charge in [0, 0.05) is 6.54 Å². The van der Waals surface area contributed by atoms with E-state index in [1.165, 1.54) is 12.1 Å². The van der Waals surface area contributed by atoms with Crippen molar-refractivity contribution in [1.29, 1.82) is 5.26 Å². The van der Waals surface area contributed by atoms with E-state index in [-0.39, 0.29) is 5.82 Å². The summed E-state index contributed by atoms with van der Waals surface area (Å²) in [5, 5.41) is 12.1. The molecule has 0 aliphatic carbocycles. The Hall–Kier alpha value is -2.18. The van der Waals surface area contributed by atoms with Crippen molar-refractivity contribution in [2.45, 2.75) is 13.0 Å². The Morgan fingerprint density at radius 3 is 2.58 bits per heavy atom. The summed E-state index contributed by atoms with van der Waals surface area (Å²) in [4.78, 5) is 0. The molecule has 3 heteroatoms. The van der Waals surface area contributed by atoms with Crippen molar-refractivity contribution in [3.05, 3.63) is 71.0 Å². The van der Waals surface area contributed by atoms with E-state index in [9.17, 15) is 4.39 Å². The molecule has 0 aliphatic rings. The molecule has 0 radical (unpaired) electrons. The van der Waals surface area contributed by atoms with Crippen molar-refractivity contribution in [1.82, 2.24) is 5.32 Å². The summed E-state index contributed by atoms with van der Waals surface area (Å²) in [6.07, 6.45) is 0.859. The highest BCUT2D eigenvalue weighted by atomic mass is 19.1. The molecule has 2 rings (SSSR count). The molecule has 2 aromatic rings. The second-order valence-corrected chi connectivity index (χ2v) is 4.37. The van der Waals surface area contributed by atoms with Crippen molar-refractivity contribution in [2.24, 2.45) is 0 Å². The predicted octanol–water partition coefficient (Wildman–Crippen LogP) is 3.03. The third-order valence-corrected chi connectivity index (χ3v) is 2.89. The van der Waals surface area contributed by atoms with Gasteiger partial charge in [0.15, 0.2) is 0 Å². The van der Waals surface area contributed by atoms with Crippen molar-refractivity contribution < 1.29 is 4.39 Å². The van der Waals surface area contributed by atoms with Gasteiger partial charge in [-0.3, -0.25) is 0 Å². The quantitative estimate of drug-likeness (QED) is 0.832. The van der Waals surface area contributed by atoms with Crippen LogP contribution < -0.4 is 5.32 Å². The van der Waals surface area contributed by atoms with Crippen molar-refractivity contribution >= 4 is 0 Å². The minimum Gasteiger partial charge on any atom is -0.312 e. The van der Waals surface area contributed by atoms with Crippen molar-refractivity contribution in [2.75, 3.05) is 6.54 Å². The molecule has 0 aromatic heterocycles. The van der Waals surface area contributed by atoms with Gasteiger partial charge in [-0.2, -0.15) is 5.26 Å². The summed E-state index contributed by atoms with van der Waals surface area (Å²) in [7, 11) is 0. The average Bonchev–Trinajstić information content (AvgIpc) is 2.46. The number of benzene rings is 2. The normalized spacial score (nSPS) is 10.1. The summed E-state index contributed by atoms with van der Waals surface area (Å²) < 4.78 is 12.7. The smallest absolute Gasteiger partial charge is 0.123 e. The Kier molecular flexibility index (Phi) is 4.66. The van der Waals surface area contributed by atoms with E-state index in [0.717, 1.165) is 30.6 Å². The number of nitriles is 1. The van der Waals surface area contributed by atoms with Crippen LogP contribution >= 0.6 is 0 Å². The molecule has 96 valence electrons. The number of hydrogen-bond donors (Lipinski definition) is 1. The van der Waals surface area contributed by atoms with Crippen molar-refractivity contribution in [3.8, 4) is 6.07 Å². The standard InChI is InChI=1S/C16H15FN2/c17-16-6-4-13(5-7-16)8-9-19-12-15-3-1-2-14(10-15)11-18/h1-7,10,19H,8-9,12H2. The second kappa shape index (κ2) is 6.67. The average molecular weight is 254 g/mol. The van der Waals surface area contributed by atoms with Gasteiger partial charge >= 0.3 is 0 Å². The molecule has 2 nitrogen and oxygen atoms in total. The van der Waals surface area contributed by atoms with Gasteiger partial charge in [0.25, 0.3) is 0 Å². The van der Waals surface area contributed by atoms with E-state index in [2.05, 4.69) is 11.4 Å². The van der Waals surface area contributed by atoms with Gasteiger partial charge in [-0.15, -0.1) is 0 Å². The Morgan fingerprint density at radius 2 is 1.84 bits per heavy atom. The number of nitrogens with zero attached hydrogens (tertiary/aromatic N) is 1. The van der Waals surface area contributed by atoms with E-state index in [1.54, 1.807) is 18.2 Å². The first-order chi connectivity index (χ1) is 9.28. The molecule has 0 bridgehead atoms. The zero-order valence-corrected chi connectivity index (χ0v) is 10.6. The third-order valence-electron chi connectivity index (χ3n) is 2.89. The first-order valence-corrected chi connectivity index (χ1v) is 6.22. The van der Waals surface area contributed by atoms with Gasteiger partial charge in [0.05, 0.1) is 11.6 Å². The summed E-state index contributed by atoms with van der Waals surface area (Å²) >= 11 is 0. The van der Waals surface area contributed by atoms with Crippen LogP contribution in [0.3, 0.4) is 0 Å². The SMILES string of the molecule is N#Cc1cccc(CNCCc2ccc(F)cc2)c1. The van der Waals surface area contributed by atoms with Crippen LogP contribution in [0.1, 0.15) is 16.7 Å². The van der Waals surface area contributed by atoms with Crippen LogP contribution in [-0.2, 0) is 13.0 Å². The van der Waals surface area contributed by atoms with E-state index in [1.807, 2.05) is 18.2 Å². The van der Waals surface area contributed by atoms with Crippen LogP contribution in [0.4, 0.5) is 4.39 Å². The molecule has 0 unspecified atom stereocenters. The Balaban J connectivity index is 1.77. The first kappa shape index (κ1) is 13.3. The molecule has 1 N–H and O–H groups in total. The molecule has 0 saturated carbocycles. The highest BCUT2D eigenvalue weighted by Gasteiger charge is 1.96. The first-order valence-electron chi connectivity index (χ1n) is 6.22. The lowest BCUT2D eigenvalue weighted by molar-refractivity contribution is 0.626. The number of halogens is 1. The van der Waals surface area contributed by atoms with Crippen molar-refractivity contribution in [3.63, 3.8) is 0 Å². The molecule has 19 heavy (non-hydrogen) atoms. The largest absolute Gasteiger partial charge is 0.312 e. The fourth-order valence-corrected chi connectivity index (χ4v) is 1.87. The van der Waals surface area contributed by atoms with Gasteiger partial charge in [-0.25, -0.2) is 4.39 Å². The second-order valence-electron chi connectivity index (χ2n) is 4.37. The van der Waals surface area contributed by atoms with E-state index in [0.29, 0.717) is 5.56 Å². The molecule has 0 saturated heterocycles. The van der Waals surface area contributed by atoms with Gasteiger partial charge in [-0.05, 0) is 48.4 Å². The minimum atomic E-state index is -0.204. The lowest BCUT2D eigenvalue weighted by atomic mass is 10.1. The topological polar surface area (TPSA) is 35.8 Å². The Bertz CT molecular complexity index is 570. The molecule has 0 atom stereocenters. The zero-order valence-electron chi connectivity index (χ0n) is 10.6. The maximum Gasteiger partial charge on any atom is 0.123 e. The Labute approximate surface area is 112 Å². The lowest BCUT2D eigenvalue weighted by Crippen LogP contribution is -2.16. The van der Waals surface area contributed by atoms with Crippen LogP contribution in [0, 0.1) is 17.1 Å². The van der Waals surface area contributed by atoms with Gasteiger partial charge in [0.1, 0.15) is 5.82 Å². The van der Waals surface area contributed by atoms with Crippen LogP contribution in [0.15, 0.2) is 48.5 Å². The van der Waals surface area contributed by atoms with E-state index < -0.39 is 0 Å². The van der Waals surface area contributed by atoms with E-state index in [4.69, 9.17) is 5.26 Å². The van der Waals surface area contributed by atoms with Gasteiger partial charge in [-0.1, -0.05) is 24.3 Å². The fourth-order valence-electron chi connectivity index (χ4n) is 1.87. The number of nitrogens with one attached hydrogen (secondary N) is 1. The predicted molar refractivity (Wildman–Crippen MR) is 73.0 cm³/mol. The molecule has 0 heterocycles. The molecule has 0 aliphatic heterocycles.